The van der Waals surface area contributed by atoms with Crippen molar-refractivity contribution < 1.29 is 14.2 Å². The first-order chi connectivity index (χ1) is 8.11. The van der Waals surface area contributed by atoms with Crippen LogP contribution in [0.4, 0.5) is 4.39 Å². The largest absolute Gasteiger partial charge is 0.494 e. The molecule has 1 heterocycles. The maximum absolute atomic E-state index is 13.5. The Bertz CT molecular complexity index is 522. The molecular formula is C13H13FO2S. The van der Waals surface area contributed by atoms with E-state index in [9.17, 15) is 9.50 Å². The van der Waals surface area contributed by atoms with Gasteiger partial charge in [-0.05, 0) is 41.6 Å². The lowest BCUT2D eigenvalue weighted by Crippen LogP contribution is -1.99. The van der Waals surface area contributed by atoms with Gasteiger partial charge in [-0.3, -0.25) is 0 Å². The molecular weight excluding hydrogens is 239 g/mol. The molecule has 0 spiro atoms. The third-order valence-electron chi connectivity index (χ3n) is 2.56. The van der Waals surface area contributed by atoms with E-state index in [2.05, 4.69) is 0 Å². The molecule has 2 nitrogen and oxygen atoms in total. The van der Waals surface area contributed by atoms with E-state index in [4.69, 9.17) is 4.74 Å². The lowest BCUT2D eigenvalue weighted by atomic mass is 10.0. The molecule has 0 saturated carbocycles. The molecule has 0 radical (unpaired) electrons. The summed E-state index contributed by atoms with van der Waals surface area (Å²) in [5, 5.41) is 12.0. The Labute approximate surface area is 103 Å². The molecule has 4 heteroatoms. The van der Waals surface area contributed by atoms with Gasteiger partial charge in [-0.15, -0.1) is 11.3 Å². The number of halogens is 1. The SMILES string of the molecule is COc1ccc(C(O)c2csc(C)c2)cc1F. The van der Waals surface area contributed by atoms with Crippen molar-refractivity contribution in [3.05, 3.63) is 51.5 Å². The topological polar surface area (TPSA) is 29.5 Å². The second-order valence-electron chi connectivity index (χ2n) is 3.79. The second kappa shape index (κ2) is 4.85. The molecule has 0 aliphatic heterocycles. The number of methoxy groups -OCH3 is 1. The Balaban J connectivity index is 2.31. The van der Waals surface area contributed by atoms with Gasteiger partial charge >= 0.3 is 0 Å². The minimum atomic E-state index is -0.791. The molecule has 0 aliphatic rings. The molecule has 2 rings (SSSR count). The third kappa shape index (κ3) is 2.48. The minimum absolute atomic E-state index is 0.183. The summed E-state index contributed by atoms with van der Waals surface area (Å²) in [6.07, 6.45) is -0.791. The van der Waals surface area contributed by atoms with E-state index in [1.807, 2.05) is 18.4 Å². The number of aliphatic hydroxyl groups is 1. The number of hydrogen-bond acceptors (Lipinski definition) is 3. The number of aryl methyl sites for hydroxylation is 1. The summed E-state index contributed by atoms with van der Waals surface area (Å²) in [4.78, 5) is 1.12. The zero-order chi connectivity index (χ0) is 12.4. The first-order valence-corrected chi connectivity index (χ1v) is 6.06. The van der Waals surface area contributed by atoms with Crippen LogP contribution in [0.5, 0.6) is 5.75 Å². The molecule has 0 fully saturated rings. The van der Waals surface area contributed by atoms with Crippen molar-refractivity contribution in [2.45, 2.75) is 13.0 Å². The minimum Gasteiger partial charge on any atom is -0.494 e. The molecule has 1 unspecified atom stereocenters. The van der Waals surface area contributed by atoms with E-state index in [0.717, 1.165) is 10.4 Å². The number of aliphatic hydroxyl groups excluding tert-OH is 1. The fraction of sp³-hybridized carbons (Fsp3) is 0.231. The molecule has 2 aromatic rings. The smallest absolute Gasteiger partial charge is 0.165 e. The molecule has 90 valence electrons. The summed E-state index contributed by atoms with van der Waals surface area (Å²) in [5.41, 5.74) is 1.32. The number of ether oxygens (including phenoxy) is 1. The van der Waals surface area contributed by atoms with Crippen LogP contribution in [-0.4, -0.2) is 12.2 Å². The average Bonchev–Trinajstić information content (AvgIpc) is 2.75. The van der Waals surface area contributed by atoms with Crippen molar-refractivity contribution >= 4 is 11.3 Å². The van der Waals surface area contributed by atoms with Gasteiger partial charge in [0, 0.05) is 4.88 Å². The van der Waals surface area contributed by atoms with Crippen molar-refractivity contribution in [1.29, 1.82) is 0 Å². The molecule has 17 heavy (non-hydrogen) atoms. The average molecular weight is 252 g/mol. The number of benzene rings is 1. The van der Waals surface area contributed by atoms with Crippen LogP contribution in [0.3, 0.4) is 0 Å². The maximum Gasteiger partial charge on any atom is 0.165 e. The Morgan fingerprint density at radius 3 is 2.59 bits per heavy atom. The van der Waals surface area contributed by atoms with E-state index in [-0.39, 0.29) is 5.75 Å². The van der Waals surface area contributed by atoms with Crippen LogP contribution in [0, 0.1) is 12.7 Å². The van der Waals surface area contributed by atoms with E-state index in [0.29, 0.717) is 5.56 Å². The predicted molar refractivity (Wildman–Crippen MR) is 66.1 cm³/mol. The van der Waals surface area contributed by atoms with Gasteiger partial charge in [-0.1, -0.05) is 6.07 Å². The Morgan fingerprint density at radius 1 is 1.29 bits per heavy atom. The van der Waals surface area contributed by atoms with Crippen molar-refractivity contribution in [1.82, 2.24) is 0 Å². The zero-order valence-electron chi connectivity index (χ0n) is 9.61. The molecule has 1 aromatic carbocycles. The lowest BCUT2D eigenvalue weighted by Gasteiger charge is -2.10. The fourth-order valence-corrected chi connectivity index (χ4v) is 2.38. The second-order valence-corrected chi connectivity index (χ2v) is 4.90. The van der Waals surface area contributed by atoms with Crippen molar-refractivity contribution in [2.75, 3.05) is 7.11 Å². The molecule has 1 aromatic heterocycles. The monoisotopic (exact) mass is 252 g/mol. The first kappa shape index (κ1) is 12.1. The Morgan fingerprint density at radius 2 is 2.06 bits per heavy atom. The number of rotatable bonds is 3. The summed E-state index contributed by atoms with van der Waals surface area (Å²) in [6, 6.07) is 6.39. The van der Waals surface area contributed by atoms with E-state index in [1.54, 1.807) is 17.4 Å². The molecule has 0 bridgehead atoms. The van der Waals surface area contributed by atoms with Gasteiger partial charge in [0.25, 0.3) is 0 Å². The highest BCUT2D eigenvalue weighted by molar-refractivity contribution is 7.10. The lowest BCUT2D eigenvalue weighted by molar-refractivity contribution is 0.220. The molecule has 0 amide bonds. The van der Waals surface area contributed by atoms with E-state index < -0.39 is 11.9 Å². The molecule has 0 saturated heterocycles. The van der Waals surface area contributed by atoms with Gasteiger partial charge in [-0.25, -0.2) is 4.39 Å². The zero-order valence-corrected chi connectivity index (χ0v) is 10.4. The van der Waals surface area contributed by atoms with Crippen molar-refractivity contribution in [2.24, 2.45) is 0 Å². The van der Waals surface area contributed by atoms with Gasteiger partial charge in [0.05, 0.1) is 7.11 Å². The first-order valence-electron chi connectivity index (χ1n) is 5.18. The van der Waals surface area contributed by atoms with Crippen LogP contribution in [0.1, 0.15) is 22.1 Å². The number of thiophene rings is 1. The Kier molecular flexibility index (Phi) is 3.45. The highest BCUT2D eigenvalue weighted by Gasteiger charge is 2.14. The van der Waals surface area contributed by atoms with Crippen LogP contribution >= 0.6 is 11.3 Å². The molecule has 1 N–H and O–H groups in total. The van der Waals surface area contributed by atoms with Crippen LogP contribution in [-0.2, 0) is 0 Å². The van der Waals surface area contributed by atoms with E-state index in [1.165, 1.54) is 19.2 Å². The summed E-state index contributed by atoms with van der Waals surface area (Å²) in [5.74, 6) is -0.279. The van der Waals surface area contributed by atoms with Crippen LogP contribution in [0.15, 0.2) is 29.6 Å². The summed E-state index contributed by atoms with van der Waals surface area (Å²) >= 11 is 1.56. The predicted octanol–water partition coefficient (Wildman–Crippen LogP) is 3.29. The molecule has 0 aliphatic carbocycles. The van der Waals surface area contributed by atoms with Crippen molar-refractivity contribution in [3.8, 4) is 5.75 Å². The van der Waals surface area contributed by atoms with Gasteiger partial charge in [0.15, 0.2) is 11.6 Å². The molecule has 1 atom stereocenters. The van der Waals surface area contributed by atoms with Crippen molar-refractivity contribution in [3.63, 3.8) is 0 Å². The van der Waals surface area contributed by atoms with Gasteiger partial charge in [-0.2, -0.15) is 0 Å². The summed E-state index contributed by atoms with van der Waals surface area (Å²) in [6.45, 7) is 1.97. The summed E-state index contributed by atoms with van der Waals surface area (Å²) in [7, 11) is 1.41. The van der Waals surface area contributed by atoms with E-state index >= 15 is 0 Å². The van der Waals surface area contributed by atoms with Gasteiger partial charge in [0.2, 0.25) is 0 Å². The normalized spacial score (nSPS) is 12.5. The van der Waals surface area contributed by atoms with Crippen LogP contribution < -0.4 is 4.74 Å². The Hall–Kier alpha value is -1.39. The summed E-state index contributed by atoms with van der Waals surface area (Å²) < 4.78 is 18.3. The maximum atomic E-state index is 13.5. The number of hydrogen-bond donors (Lipinski definition) is 1. The standard InChI is InChI=1S/C13H13FO2S/c1-8-5-10(7-17-8)13(15)9-3-4-12(16-2)11(14)6-9/h3-7,13,15H,1-2H3. The van der Waals surface area contributed by atoms with Gasteiger partial charge < -0.3 is 9.84 Å². The quantitative estimate of drug-likeness (QED) is 0.908. The highest BCUT2D eigenvalue weighted by atomic mass is 32.1. The van der Waals surface area contributed by atoms with Crippen LogP contribution in [0.2, 0.25) is 0 Å². The van der Waals surface area contributed by atoms with Crippen LogP contribution in [0.25, 0.3) is 0 Å². The van der Waals surface area contributed by atoms with Gasteiger partial charge in [0.1, 0.15) is 6.10 Å². The highest BCUT2D eigenvalue weighted by Crippen LogP contribution is 2.28. The third-order valence-corrected chi connectivity index (χ3v) is 3.44. The fourth-order valence-electron chi connectivity index (χ4n) is 1.65.